The predicted octanol–water partition coefficient (Wildman–Crippen LogP) is 3.37. The van der Waals surface area contributed by atoms with Crippen LogP contribution < -0.4 is 4.74 Å². The first-order valence-electron chi connectivity index (χ1n) is 7.56. The highest BCUT2D eigenvalue weighted by atomic mass is 16.6. The second-order valence-corrected chi connectivity index (χ2v) is 5.52. The number of ether oxygens (including phenoxy) is 1. The Labute approximate surface area is 140 Å². The largest absolute Gasteiger partial charge is 0.496 e. The maximum absolute atomic E-state index is 12.6. The van der Waals surface area contributed by atoms with Crippen LogP contribution in [0.5, 0.6) is 5.75 Å². The molecule has 6 nitrogen and oxygen atoms in total. The van der Waals surface area contributed by atoms with Gasteiger partial charge >= 0.3 is 0 Å². The standard InChI is InChI=1S/C18H20N2O4/c1-13(14-8-6-9-16(11-14)20(22)23)19(2)18(21)12-15-7-4-5-10-17(15)24-3/h4-11,13H,12H2,1-3H3/t13-/m0/s1. The number of nitrogens with zero attached hydrogens (tertiary/aromatic N) is 2. The monoisotopic (exact) mass is 328 g/mol. The molecule has 0 bridgehead atoms. The van der Waals surface area contributed by atoms with Crippen LogP contribution in [-0.2, 0) is 11.2 Å². The zero-order chi connectivity index (χ0) is 17.7. The Kier molecular flexibility index (Phi) is 5.52. The molecule has 2 rings (SSSR count). The number of hydrogen-bond acceptors (Lipinski definition) is 4. The van der Waals surface area contributed by atoms with Crippen LogP contribution in [0.3, 0.4) is 0 Å². The minimum absolute atomic E-state index is 0.0185. The summed E-state index contributed by atoms with van der Waals surface area (Å²) in [4.78, 5) is 24.6. The highest BCUT2D eigenvalue weighted by molar-refractivity contribution is 5.79. The molecule has 1 atom stereocenters. The van der Waals surface area contributed by atoms with Gasteiger partial charge in [0.05, 0.1) is 24.5 Å². The minimum Gasteiger partial charge on any atom is -0.496 e. The minimum atomic E-state index is -0.438. The Bertz CT molecular complexity index is 745. The number of rotatable bonds is 6. The van der Waals surface area contributed by atoms with E-state index in [1.807, 2.05) is 31.2 Å². The van der Waals surface area contributed by atoms with Crippen molar-refractivity contribution in [3.05, 3.63) is 69.8 Å². The van der Waals surface area contributed by atoms with Gasteiger partial charge in [0.15, 0.2) is 0 Å². The molecule has 0 N–H and O–H groups in total. The third-order valence-electron chi connectivity index (χ3n) is 4.07. The van der Waals surface area contributed by atoms with Gasteiger partial charge in [0.2, 0.25) is 5.91 Å². The second kappa shape index (κ2) is 7.59. The summed E-state index contributed by atoms with van der Waals surface area (Å²) in [5.41, 5.74) is 1.55. The summed E-state index contributed by atoms with van der Waals surface area (Å²) in [6.07, 6.45) is 0.208. The first-order chi connectivity index (χ1) is 11.4. The molecule has 1 amide bonds. The number of carbonyl (C=O) groups excluding carboxylic acids is 1. The van der Waals surface area contributed by atoms with Crippen LogP contribution in [0, 0.1) is 10.1 Å². The average Bonchev–Trinajstić information content (AvgIpc) is 2.60. The van der Waals surface area contributed by atoms with Gasteiger partial charge in [-0.05, 0) is 18.6 Å². The Morgan fingerprint density at radius 1 is 1.25 bits per heavy atom. The van der Waals surface area contributed by atoms with Crippen molar-refractivity contribution in [1.82, 2.24) is 4.90 Å². The molecule has 24 heavy (non-hydrogen) atoms. The smallest absolute Gasteiger partial charge is 0.269 e. The molecule has 0 fully saturated rings. The van der Waals surface area contributed by atoms with E-state index in [9.17, 15) is 14.9 Å². The number of benzene rings is 2. The van der Waals surface area contributed by atoms with Gasteiger partial charge in [0, 0.05) is 24.7 Å². The number of hydrogen-bond donors (Lipinski definition) is 0. The molecule has 0 spiro atoms. The van der Waals surface area contributed by atoms with Crippen LogP contribution in [0.1, 0.15) is 24.1 Å². The van der Waals surface area contributed by atoms with Crippen molar-refractivity contribution in [3.8, 4) is 5.75 Å². The van der Waals surface area contributed by atoms with Crippen LogP contribution in [0.2, 0.25) is 0 Å². The first-order valence-corrected chi connectivity index (χ1v) is 7.56. The number of nitro benzene ring substituents is 1. The summed E-state index contributed by atoms with van der Waals surface area (Å²) in [6, 6.07) is 13.4. The summed E-state index contributed by atoms with van der Waals surface area (Å²) >= 11 is 0. The normalized spacial score (nSPS) is 11.6. The molecular formula is C18H20N2O4. The van der Waals surface area contributed by atoms with Crippen molar-refractivity contribution in [3.63, 3.8) is 0 Å². The number of methoxy groups -OCH3 is 1. The van der Waals surface area contributed by atoms with Gasteiger partial charge in [-0.15, -0.1) is 0 Å². The lowest BCUT2D eigenvalue weighted by Crippen LogP contribution is -2.31. The van der Waals surface area contributed by atoms with Crippen LogP contribution in [-0.4, -0.2) is 29.9 Å². The Morgan fingerprint density at radius 3 is 2.62 bits per heavy atom. The van der Waals surface area contributed by atoms with Crippen molar-refractivity contribution in [2.45, 2.75) is 19.4 Å². The average molecular weight is 328 g/mol. The number of non-ortho nitro benzene ring substituents is 1. The van der Waals surface area contributed by atoms with Crippen LogP contribution in [0.25, 0.3) is 0 Å². The van der Waals surface area contributed by atoms with E-state index in [1.54, 1.807) is 31.2 Å². The summed E-state index contributed by atoms with van der Waals surface area (Å²) in [5.74, 6) is 0.584. The third kappa shape index (κ3) is 3.90. The third-order valence-corrected chi connectivity index (χ3v) is 4.07. The molecule has 0 radical (unpaired) electrons. The Balaban J connectivity index is 2.15. The van der Waals surface area contributed by atoms with Gasteiger partial charge in [-0.1, -0.05) is 30.3 Å². The van der Waals surface area contributed by atoms with E-state index in [4.69, 9.17) is 4.74 Å². The molecule has 0 aromatic heterocycles. The topological polar surface area (TPSA) is 72.7 Å². The van der Waals surface area contributed by atoms with Crippen LogP contribution in [0.4, 0.5) is 5.69 Å². The van der Waals surface area contributed by atoms with Crippen LogP contribution in [0.15, 0.2) is 48.5 Å². The SMILES string of the molecule is COc1ccccc1CC(=O)N(C)[C@@H](C)c1cccc([N+](=O)[O-])c1. The molecule has 0 aliphatic rings. The lowest BCUT2D eigenvalue weighted by Gasteiger charge is -2.25. The van der Waals surface area contributed by atoms with Gasteiger partial charge in [-0.2, -0.15) is 0 Å². The van der Waals surface area contributed by atoms with Crippen molar-refractivity contribution < 1.29 is 14.5 Å². The van der Waals surface area contributed by atoms with E-state index >= 15 is 0 Å². The molecule has 0 saturated heterocycles. The van der Waals surface area contributed by atoms with E-state index in [0.29, 0.717) is 5.75 Å². The van der Waals surface area contributed by atoms with Crippen molar-refractivity contribution in [2.75, 3.05) is 14.2 Å². The maximum atomic E-state index is 12.6. The molecule has 2 aromatic rings. The van der Waals surface area contributed by atoms with E-state index < -0.39 is 4.92 Å². The van der Waals surface area contributed by atoms with Crippen LogP contribution >= 0.6 is 0 Å². The quantitative estimate of drug-likeness (QED) is 0.602. The molecule has 6 heteroatoms. The molecule has 0 unspecified atom stereocenters. The predicted molar refractivity (Wildman–Crippen MR) is 91.0 cm³/mol. The molecule has 2 aromatic carbocycles. The van der Waals surface area contributed by atoms with E-state index in [1.165, 1.54) is 12.1 Å². The number of nitro groups is 1. The van der Waals surface area contributed by atoms with Crippen molar-refractivity contribution in [1.29, 1.82) is 0 Å². The van der Waals surface area contributed by atoms with Gasteiger partial charge in [-0.25, -0.2) is 0 Å². The van der Waals surface area contributed by atoms with Gasteiger partial charge in [0.1, 0.15) is 5.75 Å². The zero-order valence-electron chi connectivity index (χ0n) is 13.9. The molecule has 0 aliphatic carbocycles. The number of carbonyl (C=O) groups is 1. The molecular weight excluding hydrogens is 308 g/mol. The van der Waals surface area contributed by atoms with E-state index in [2.05, 4.69) is 0 Å². The highest BCUT2D eigenvalue weighted by Crippen LogP contribution is 2.25. The van der Waals surface area contributed by atoms with E-state index in [0.717, 1.165) is 11.1 Å². The summed E-state index contributed by atoms with van der Waals surface area (Å²) in [6.45, 7) is 1.85. The zero-order valence-corrected chi connectivity index (χ0v) is 13.9. The molecule has 126 valence electrons. The first kappa shape index (κ1) is 17.5. The van der Waals surface area contributed by atoms with Crippen molar-refractivity contribution >= 4 is 11.6 Å². The van der Waals surface area contributed by atoms with E-state index in [-0.39, 0.29) is 24.1 Å². The Hall–Kier alpha value is -2.89. The van der Waals surface area contributed by atoms with Gasteiger partial charge in [0.25, 0.3) is 5.69 Å². The lowest BCUT2D eigenvalue weighted by atomic mass is 10.0. The van der Waals surface area contributed by atoms with Crippen molar-refractivity contribution in [2.24, 2.45) is 0 Å². The fourth-order valence-electron chi connectivity index (χ4n) is 2.47. The summed E-state index contributed by atoms with van der Waals surface area (Å²) in [5, 5.41) is 10.9. The van der Waals surface area contributed by atoms with Gasteiger partial charge in [-0.3, -0.25) is 14.9 Å². The molecule has 0 saturated carbocycles. The number of amides is 1. The Morgan fingerprint density at radius 2 is 1.96 bits per heavy atom. The highest BCUT2D eigenvalue weighted by Gasteiger charge is 2.20. The second-order valence-electron chi connectivity index (χ2n) is 5.52. The fourth-order valence-corrected chi connectivity index (χ4v) is 2.47. The summed E-state index contributed by atoms with van der Waals surface area (Å²) in [7, 11) is 3.26. The van der Waals surface area contributed by atoms with Gasteiger partial charge < -0.3 is 9.64 Å². The summed E-state index contributed by atoms with van der Waals surface area (Å²) < 4.78 is 5.27. The maximum Gasteiger partial charge on any atom is 0.269 e. The fraction of sp³-hybridized carbons (Fsp3) is 0.278. The number of para-hydroxylation sites is 1. The molecule has 0 heterocycles. The number of likely N-dealkylation sites (N-methyl/N-ethyl adjacent to an activating group) is 1. The lowest BCUT2D eigenvalue weighted by molar-refractivity contribution is -0.384. The molecule has 0 aliphatic heterocycles.